The molecule has 1 unspecified atom stereocenters. The molecule has 8 nitrogen and oxygen atoms in total. The minimum absolute atomic E-state index is 0.0398. The van der Waals surface area contributed by atoms with Crippen LogP contribution in [0.2, 0.25) is 0 Å². The number of likely N-dealkylation sites (tertiary alicyclic amines) is 1. The van der Waals surface area contributed by atoms with Gasteiger partial charge in [0.05, 0.1) is 10.8 Å². The summed E-state index contributed by atoms with van der Waals surface area (Å²) < 4.78 is 27.4. The van der Waals surface area contributed by atoms with Gasteiger partial charge in [-0.2, -0.15) is 0 Å². The number of carbonyl (C=O) groups is 2. The van der Waals surface area contributed by atoms with Crippen molar-refractivity contribution >= 4 is 27.5 Å². The number of sulfonamides is 1. The maximum absolute atomic E-state index is 12.9. The molecule has 4 N–H and O–H groups in total. The van der Waals surface area contributed by atoms with Gasteiger partial charge in [-0.3, -0.25) is 14.5 Å². The number of carbonyl (C=O) groups excluding carboxylic acids is 2. The fourth-order valence-electron chi connectivity index (χ4n) is 3.83. The fraction of sp³-hybridized carbons (Fsp3) is 0.391. The monoisotopic (exact) mass is 458 g/mol. The van der Waals surface area contributed by atoms with Crippen LogP contribution >= 0.6 is 0 Å². The van der Waals surface area contributed by atoms with Crippen LogP contribution in [0.25, 0.3) is 0 Å². The number of amides is 2. The van der Waals surface area contributed by atoms with Crippen LogP contribution in [-0.2, 0) is 21.4 Å². The second-order valence-electron chi connectivity index (χ2n) is 8.39. The Hall–Kier alpha value is -2.75. The van der Waals surface area contributed by atoms with Gasteiger partial charge in [0.15, 0.2) is 0 Å². The molecule has 0 saturated carbocycles. The van der Waals surface area contributed by atoms with Gasteiger partial charge in [0.1, 0.15) is 0 Å². The van der Waals surface area contributed by atoms with E-state index in [4.69, 9.17) is 5.73 Å². The molecular formula is C23H30N4O4S. The van der Waals surface area contributed by atoms with Crippen LogP contribution in [0.1, 0.15) is 42.6 Å². The zero-order valence-corrected chi connectivity index (χ0v) is 19.2. The number of nitrogens with zero attached hydrogens (tertiary/aromatic N) is 1. The second kappa shape index (κ2) is 10.2. The number of rotatable bonds is 8. The molecule has 2 aromatic rings. The van der Waals surface area contributed by atoms with Crippen LogP contribution in [0.5, 0.6) is 0 Å². The maximum atomic E-state index is 12.9. The van der Waals surface area contributed by atoms with Crippen LogP contribution in [0.15, 0.2) is 53.4 Å². The van der Waals surface area contributed by atoms with E-state index in [1.54, 1.807) is 26.0 Å². The predicted molar refractivity (Wildman–Crippen MR) is 123 cm³/mol. The van der Waals surface area contributed by atoms with Crippen LogP contribution in [0.3, 0.4) is 0 Å². The average molecular weight is 459 g/mol. The Kier molecular flexibility index (Phi) is 7.65. The number of primary amides is 1. The average Bonchev–Trinajstić information content (AvgIpc) is 2.74. The van der Waals surface area contributed by atoms with E-state index in [0.717, 1.165) is 24.9 Å². The molecule has 2 amide bonds. The molecular weight excluding hydrogens is 428 g/mol. The first-order valence-corrected chi connectivity index (χ1v) is 12.2. The molecule has 0 spiro atoms. The van der Waals surface area contributed by atoms with E-state index < -0.39 is 15.9 Å². The van der Waals surface area contributed by atoms with E-state index in [0.29, 0.717) is 18.8 Å². The van der Waals surface area contributed by atoms with Crippen LogP contribution < -0.4 is 15.8 Å². The Bertz CT molecular complexity index is 1080. The lowest BCUT2D eigenvalue weighted by Gasteiger charge is -2.31. The van der Waals surface area contributed by atoms with Crippen LogP contribution in [-0.4, -0.2) is 44.3 Å². The molecule has 1 fully saturated rings. The maximum Gasteiger partial charge on any atom is 0.255 e. The highest BCUT2D eigenvalue weighted by molar-refractivity contribution is 7.89. The Labute approximate surface area is 189 Å². The summed E-state index contributed by atoms with van der Waals surface area (Å²) in [5.74, 6) is -0.833. The van der Waals surface area contributed by atoms with Crippen molar-refractivity contribution in [1.29, 1.82) is 0 Å². The number of anilines is 1. The zero-order valence-electron chi connectivity index (χ0n) is 18.4. The predicted octanol–water partition coefficient (Wildman–Crippen LogP) is 2.32. The molecule has 3 rings (SSSR count). The molecule has 0 bridgehead atoms. The first kappa shape index (κ1) is 23.9. The summed E-state index contributed by atoms with van der Waals surface area (Å²) in [6, 6.07) is 13.2. The van der Waals surface area contributed by atoms with Gasteiger partial charge in [0, 0.05) is 30.4 Å². The quantitative estimate of drug-likeness (QED) is 0.560. The van der Waals surface area contributed by atoms with E-state index in [9.17, 15) is 18.0 Å². The van der Waals surface area contributed by atoms with Gasteiger partial charge < -0.3 is 11.1 Å². The van der Waals surface area contributed by atoms with E-state index in [-0.39, 0.29) is 28.3 Å². The fourth-order valence-corrected chi connectivity index (χ4v) is 5.13. The molecule has 2 aromatic carbocycles. The number of hydrogen-bond donors (Lipinski definition) is 3. The molecule has 1 atom stereocenters. The molecule has 1 aliphatic heterocycles. The van der Waals surface area contributed by atoms with Gasteiger partial charge in [0.25, 0.3) is 5.91 Å². The smallest absolute Gasteiger partial charge is 0.255 e. The van der Waals surface area contributed by atoms with Crippen molar-refractivity contribution in [3.05, 3.63) is 59.7 Å². The largest absolute Gasteiger partial charge is 0.369 e. The topological polar surface area (TPSA) is 122 Å². The first-order valence-electron chi connectivity index (χ1n) is 10.7. The van der Waals surface area contributed by atoms with Gasteiger partial charge in [-0.25, -0.2) is 13.1 Å². The standard InChI is InChI=1S/C23H30N4O4S/c1-16(2)26-32(30,31)20-10-5-8-17(13-20)23(29)25-21-11-4-3-7-18(21)14-27-12-6-9-19(15-27)22(24)28/h3-5,7-8,10-11,13,16,19,26H,6,9,12,14-15H2,1-2H3,(H2,24,28)(H,25,29). The summed E-state index contributed by atoms with van der Waals surface area (Å²) in [4.78, 5) is 26.7. The summed E-state index contributed by atoms with van der Waals surface area (Å²) in [6.07, 6.45) is 1.70. The summed E-state index contributed by atoms with van der Waals surface area (Å²) in [5.41, 5.74) is 7.29. The number of hydrogen-bond acceptors (Lipinski definition) is 5. The van der Waals surface area contributed by atoms with E-state index in [1.807, 2.05) is 24.3 Å². The zero-order chi connectivity index (χ0) is 23.3. The number of para-hydroxylation sites is 1. The van der Waals surface area contributed by atoms with Gasteiger partial charge in [-0.1, -0.05) is 24.3 Å². The third kappa shape index (κ3) is 6.15. The van der Waals surface area contributed by atoms with E-state index >= 15 is 0 Å². The summed E-state index contributed by atoms with van der Waals surface area (Å²) in [5, 5.41) is 2.90. The van der Waals surface area contributed by atoms with Crippen LogP contribution in [0.4, 0.5) is 5.69 Å². The van der Waals surface area contributed by atoms with E-state index in [2.05, 4.69) is 14.9 Å². The first-order chi connectivity index (χ1) is 15.2. The second-order valence-corrected chi connectivity index (χ2v) is 10.1. The van der Waals surface area contributed by atoms with Gasteiger partial charge in [0.2, 0.25) is 15.9 Å². The number of piperidine rings is 1. The Morgan fingerprint density at radius 2 is 1.91 bits per heavy atom. The lowest BCUT2D eigenvalue weighted by atomic mass is 9.97. The minimum atomic E-state index is -3.70. The molecule has 1 heterocycles. The van der Waals surface area contributed by atoms with Gasteiger partial charge in [-0.05, 0) is 63.1 Å². The molecule has 1 aliphatic rings. The highest BCUT2D eigenvalue weighted by atomic mass is 32.2. The Morgan fingerprint density at radius 3 is 2.62 bits per heavy atom. The van der Waals surface area contributed by atoms with Crippen molar-refractivity contribution in [1.82, 2.24) is 9.62 Å². The van der Waals surface area contributed by atoms with Gasteiger partial charge >= 0.3 is 0 Å². The third-order valence-corrected chi connectivity index (χ3v) is 7.02. The number of benzene rings is 2. The summed E-state index contributed by atoms with van der Waals surface area (Å²) in [6.45, 7) is 5.50. The van der Waals surface area contributed by atoms with Crippen molar-refractivity contribution in [2.75, 3.05) is 18.4 Å². The molecule has 32 heavy (non-hydrogen) atoms. The summed E-state index contributed by atoms with van der Waals surface area (Å²) in [7, 11) is -3.70. The number of nitrogens with one attached hydrogen (secondary N) is 2. The molecule has 0 radical (unpaired) electrons. The van der Waals surface area contributed by atoms with Gasteiger partial charge in [-0.15, -0.1) is 0 Å². The lowest BCUT2D eigenvalue weighted by Crippen LogP contribution is -2.40. The van der Waals surface area contributed by atoms with Crippen molar-refractivity contribution < 1.29 is 18.0 Å². The van der Waals surface area contributed by atoms with Crippen molar-refractivity contribution in [2.45, 2.75) is 44.2 Å². The molecule has 9 heteroatoms. The molecule has 1 saturated heterocycles. The molecule has 172 valence electrons. The Morgan fingerprint density at radius 1 is 1.16 bits per heavy atom. The normalized spacial score (nSPS) is 17.3. The van der Waals surface area contributed by atoms with Crippen molar-refractivity contribution in [2.24, 2.45) is 11.7 Å². The molecule has 0 aliphatic carbocycles. The van der Waals surface area contributed by atoms with E-state index in [1.165, 1.54) is 12.1 Å². The minimum Gasteiger partial charge on any atom is -0.369 e. The van der Waals surface area contributed by atoms with Crippen LogP contribution in [0, 0.1) is 5.92 Å². The van der Waals surface area contributed by atoms with Crippen molar-refractivity contribution in [3.8, 4) is 0 Å². The SMILES string of the molecule is CC(C)NS(=O)(=O)c1cccc(C(=O)Nc2ccccc2CN2CCCC(C(N)=O)C2)c1. The Balaban J connectivity index is 1.75. The van der Waals surface area contributed by atoms with Crippen molar-refractivity contribution in [3.63, 3.8) is 0 Å². The molecule has 0 aromatic heterocycles. The summed E-state index contributed by atoms with van der Waals surface area (Å²) >= 11 is 0. The lowest BCUT2D eigenvalue weighted by molar-refractivity contribution is -0.123. The third-order valence-electron chi connectivity index (χ3n) is 5.36. The highest BCUT2D eigenvalue weighted by Gasteiger charge is 2.24. The number of nitrogens with two attached hydrogens (primary N) is 1. The highest BCUT2D eigenvalue weighted by Crippen LogP contribution is 2.23.